The van der Waals surface area contributed by atoms with Crippen LogP contribution in [-0.4, -0.2) is 26.4 Å². The molecule has 0 aliphatic rings. The van der Waals surface area contributed by atoms with E-state index in [1.165, 1.54) is 11.1 Å². The molecule has 0 atom stereocenters. The fourth-order valence-electron chi connectivity index (χ4n) is 1.75. The summed E-state index contributed by atoms with van der Waals surface area (Å²) in [6, 6.07) is 6.20. The van der Waals surface area contributed by atoms with E-state index in [1.807, 2.05) is 13.0 Å². The minimum atomic E-state index is 0.652. The van der Waals surface area contributed by atoms with Crippen LogP contribution in [-0.2, 0) is 11.2 Å². The average molecular weight is 237 g/mol. The molecule has 0 saturated heterocycles. The lowest BCUT2D eigenvalue weighted by Crippen LogP contribution is -2.08. The lowest BCUT2D eigenvalue weighted by Gasteiger charge is -2.13. The van der Waals surface area contributed by atoms with Crippen LogP contribution in [0.1, 0.15) is 24.5 Å². The van der Waals surface area contributed by atoms with Crippen LogP contribution >= 0.6 is 0 Å². The molecule has 3 nitrogen and oxygen atoms in total. The molecule has 0 aliphatic heterocycles. The number of hydrogen-bond acceptors (Lipinski definition) is 3. The normalized spacial score (nSPS) is 10.5. The first-order valence-electron chi connectivity index (χ1n) is 6.28. The molecule has 17 heavy (non-hydrogen) atoms. The lowest BCUT2D eigenvalue weighted by molar-refractivity contribution is 0.130. The van der Waals surface area contributed by atoms with Crippen molar-refractivity contribution in [2.24, 2.45) is 5.73 Å². The molecule has 0 bridgehead atoms. The van der Waals surface area contributed by atoms with Crippen molar-refractivity contribution in [3.05, 3.63) is 29.3 Å². The van der Waals surface area contributed by atoms with Crippen LogP contribution in [0.15, 0.2) is 18.2 Å². The second-order valence-corrected chi connectivity index (χ2v) is 4.00. The van der Waals surface area contributed by atoms with E-state index in [9.17, 15) is 0 Å². The predicted octanol–water partition coefficient (Wildman–Crippen LogP) is 2.30. The predicted molar refractivity (Wildman–Crippen MR) is 70.5 cm³/mol. The number of nitrogens with two attached hydrogens (primary N) is 1. The van der Waals surface area contributed by atoms with E-state index >= 15 is 0 Å². The van der Waals surface area contributed by atoms with Gasteiger partial charge in [-0.2, -0.15) is 0 Å². The van der Waals surface area contributed by atoms with Crippen LogP contribution in [0.5, 0.6) is 5.75 Å². The van der Waals surface area contributed by atoms with Gasteiger partial charge in [0.1, 0.15) is 5.75 Å². The Morgan fingerprint density at radius 1 is 1.24 bits per heavy atom. The summed E-state index contributed by atoms with van der Waals surface area (Å²) in [5, 5.41) is 0. The fourth-order valence-corrected chi connectivity index (χ4v) is 1.75. The van der Waals surface area contributed by atoms with Crippen molar-refractivity contribution in [1.29, 1.82) is 0 Å². The van der Waals surface area contributed by atoms with Crippen LogP contribution in [0.2, 0.25) is 0 Å². The molecular formula is C14H23NO2. The summed E-state index contributed by atoms with van der Waals surface area (Å²) >= 11 is 0. The first kappa shape index (κ1) is 14.0. The van der Waals surface area contributed by atoms with Crippen molar-refractivity contribution in [3.63, 3.8) is 0 Å². The number of ether oxygens (including phenoxy) is 2. The van der Waals surface area contributed by atoms with Crippen molar-refractivity contribution >= 4 is 0 Å². The average Bonchev–Trinajstić information content (AvgIpc) is 2.32. The van der Waals surface area contributed by atoms with Gasteiger partial charge in [-0.3, -0.25) is 0 Å². The van der Waals surface area contributed by atoms with Crippen molar-refractivity contribution in [3.8, 4) is 5.75 Å². The Morgan fingerprint density at radius 3 is 2.76 bits per heavy atom. The van der Waals surface area contributed by atoms with Gasteiger partial charge in [0.05, 0.1) is 6.61 Å². The second kappa shape index (κ2) is 8.09. The first-order valence-corrected chi connectivity index (χ1v) is 6.28. The van der Waals surface area contributed by atoms with Crippen molar-refractivity contribution in [2.75, 3.05) is 26.4 Å². The standard InChI is InChI=1S/C14H23NO2/c1-3-16-10-5-11-17-14-12(2)6-4-7-13(14)8-9-15/h4,6-7H,3,5,8-11,15H2,1-2H3. The Morgan fingerprint density at radius 2 is 2.06 bits per heavy atom. The van der Waals surface area contributed by atoms with E-state index in [4.69, 9.17) is 15.2 Å². The third-order valence-corrected chi connectivity index (χ3v) is 2.59. The molecule has 2 N–H and O–H groups in total. The zero-order valence-electron chi connectivity index (χ0n) is 10.9. The maximum Gasteiger partial charge on any atom is 0.125 e. The molecule has 0 aliphatic carbocycles. The lowest BCUT2D eigenvalue weighted by atomic mass is 10.1. The van der Waals surface area contributed by atoms with Crippen LogP contribution < -0.4 is 10.5 Å². The molecule has 0 radical (unpaired) electrons. The number of hydrogen-bond donors (Lipinski definition) is 1. The van der Waals surface area contributed by atoms with Gasteiger partial charge < -0.3 is 15.2 Å². The van der Waals surface area contributed by atoms with Crippen LogP contribution in [0, 0.1) is 6.92 Å². The van der Waals surface area contributed by atoms with E-state index in [-0.39, 0.29) is 0 Å². The number of rotatable bonds is 8. The molecule has 0 aromatic heterocycles. The molecular weight excluding hydrogens is 214 g/mol. The smallest absolute Gasteiger partial charge is 0.125 e. The molecule has 1 rings (SSSR count). The SMILES string of the molecule is CCOCCCOc1c(C)cccc1CCN. The van der Waals surface area contributed by atoms with Crippen molar-refractivity contribution < 1.29 is 9.47 Å². The Balaban J connectivity index is 2.50. The largest absolute Gasteiger partial charge is 0.493 e. The van der Waals surface area contributed by atoms with E-state index < -0.39 is 0 Å². The number of benzene rings is 1. The van der Waals surface area contributed by atoms with Gasteiger partial charge in [-0.05, 0) is 37.9 Å². The first-order chi connectivity index (χ1) is 8.29. The van der Waals surface area contributed by atoms with Gasteiger partial charge in [-0.25, -0.2) is 0 Å². The summed E-state index contributed by atoms with van der Waals surface area (Å²) in [4.78, 5) is 0. The molecule has 0 saturated carbocycles. The van der Waals surface area contributed by atoms with E-state index in [1.54, 1.807) is 0 Å². The zero-order chi connectivity index (χ0) is 12.5. The Hall–Kier alpha value is -1.06. The Kier molecular flexibility index (Phi) is 6.67. The highest BCUT2D eigenvalue weighted by Crippen LogP contribution is 2.23. The summed E-state index contributed by atoms with van der Waals surface area (Å²) in [6.45, 7) is 6.94. The van der Waals surface area contributed by atoms with Gasteiger partial charge in [0.15, 0.2) is 0 Å². The van der Waals surface area contributed by atoms with Gasteiger partial charge in [-0.1, -0.05) is 18.2 Å². The summed E-state index contributed by atoms with van der Waals surface area (Å²) in [5.74, 6) is 0.995. The van der Waals surface area contributed by atoms with Crippen molar-refractivity contribution in [2.45, 2.75) is 26.7 Å². The van der Waals surface area contributed by atoms with Gasteiger partial charge in [0.2, 0.25) is 0 Å². The van der Waals surface area contributed by atoms with Crippen LogP contribution in [0.25, 0.3) is 0 Å². The third kappa shape index (κ3) is 4.75. The summed E-state index contributed by atoms with van der Waals surface area (Å²) in [5.41, 5.74) is 7.97. The minimum Gasteiger partial charge on any atom is -0.493 e. The number of aryl methyl sites for hydroxylation is 1. The van der Waals surface area contributed by atoms with Crippen LogP contribution in [0.4, 0.5) is 0 Å². The molecule has 3 heteroatoms. The highest BCUT2D eigenvalue weighted by Gasteiger charge is 2.05. The topological polar surface area (TPSA) is 44.5 Å². The second-order valence-electron chi connectivity index (χ2n) is 4.00. The summed E-state index contributed by atoms with van der Waals surface area (Å²) in [7, 11) is 0. The molecule has 96 valence electrons. The van der Waals surface area contributed by atoms with Gasteiger partial charge in [-0.15, -0.1) is 0 Å². The molecule has 1 aromatic carbocycles. The maximum atomic E-state index is 5.83. The van der Waals surface area contributed by atoms with Gasteiger partial charge in [0.25, 0.3) is 0 Å². The van der Waals surface area contributed by atoms with Gasteiger partial charge >= 0.3 is 0 Å². The molecule has 0 unspecified atom stereocenters. The molecule has 1 aromatic rings. The third-order valence-electron chi connectivity index (χ3n) is 2.59. The summed E-state index contributed by atoms with van der Waals surface area (Å²) in [6.07, 6.45) is 1.78. The monoisotopic (exact) mass is 237 g/mol. The number of para-hydroxylation sites is 1. The van der Waals surface area contributed by atoms with Gasteiger partial charge in [0, 0.05) is 19.6 Å². The maximum absolute atomic E-state index is 5.83. The fraction of sp³-hybridized carbons (Fsp3) is 0.571. The van der Waals surface area contributed by atoms with E-state index in [0.717, 1.165) is 31.8 Å². The highest BCUT2D eigenvalue weighted by molar-refractivity contribution is 5.40. The highest BCUT2D eigenvalue weighted by atomic mass is 16.5. The minimum absolute atomic E-state index is 0.652. The van der Waals surface area contributed by atoms with E-state index in [0.29, 0.717) is 13.2 Å². The molecule has 0 amide bonds. The zero-order valence-corrected chi connectivity index (χ0v) is 10.9. The Bertz CT molecular complexity index is 326. The van der Waals surface area contributed by atoms with E-state index in [2.05, 4.69) is 19.1 Å². The quantitative estimate of drug-likeness (QED) is 0.706. The van der Waals surface area contributed by atoms with Crippen molar-refractivity contribution in [1.82, 2.24) is 0 Å². The Labute approximate surface area is 104 Å². The molecule has 0 spiro atoms. The summed E-state index contributed by atoms with van der Waals surface area (Å²) < 4.78 is 11.1. The van der Waals surface area contributed by atoms with Crippen LogP contribution in [0.3, 0.4) is 0 Å². The molecule has 0 fully saturated rings. The molecule has 0 heterocycles.